The number of carbonyl (C=O) groups excluding carboxylic acids is 1. The number of likely N-dealkylation sites (tertiary alicyclic amines) is 1. The summed E-state index contributed by atoms with van der Waals surface area (Å²) in [5, 5.41) is 8.76. The van der Waals surface area contributed by atoms with Crippen LogP contribution in [0.3, 0.4) is 0 Å². The zero-order valence-electron chi connectivity index (χ0n) is 12.1. The van der Waals surface area contributed by atoms with Gasteiger partial charge in [-0.05, 0) is 49.4 Å². The topological polar surface area (TPSA) is 83.6 Å². The fourth-order valence-corrected chi connectivity index (χ4v) is 2.89. The first-order chi connectivity index (χ1) is 10.0. The van der Waals surface area contributed by atoms with Crippen molar-refractivity contribution in [1.29, 1.82) is 0 Å². The molecule has 0 aromatic heterocycles. The van der Waals surface area contributed by atoms with Crippen LogP contribution in [0.2, 0.25) is 0 Å². The van der Waals surface area contributed by atoms with Crippen LogP contribution in [0.1, 0.15) is 41.6 Å². The Morgan fingerprint density at radius 3 is 2.62 bits per heavy atom. The van der Waals surface area contributed by atoms with Crippen LogP contribution < -0.4 is 5.73 Å². The largest absolute Gasteiger partial charge is 0.481 e. The lowest BCUT2D eigenvalue weighted by Gasteiger charge is -2.32. The molecule has 114 valence electrons. The first-order valence-corrected chi connectivity index (χ1v) is 7.37. The summed E-state index contributed by atoms with van der Waals surface area (Å²) in [6, 6.07) is 7.37. The molecular weight excluding hydrogens is 268 g/mol. The molecule has 2 rings (SSSR count). The third-order valence-corrected chi connectivity index (χ3v) is 4.01. The first kappa shape index (κ1) is 15.5. The van der Waals surface area contributed by atoms with Crippen molar-refractivity contribution in [3.63, 3.8) is 0 Å². The summed E-state index contributed by atoms with van der Waals surface area (Å²) in [4.78, 5) is 24.0. The van der Waals surface area contributed by atoms with Gasteiger partial charge >= 0.3 is 5.97 Å². The summed E-state index contributed by atoms with van der Waals surface area (Å²) >= 11 is 0. The number of benzene rings is 1. The fourth-order valence-electron chi connectivity index (χ4n) is 2.89. The van der Waals surface area contributed by atoms with Crippen LogP contribution in [0.15, 0.2) is 24.3 Å². The Balaban J connectivity index is 1.87. The van der Waals surface area contributed by atoms with Crippen LogP contribution in [0.4, 0.5) is 0 Å². The molecule has 1 saturated heterocycles. The summed E-state index contributed by atoms with van der Waals surface area (Å²) in [5.74, 6) is -0.651. The van der Waals surface area contributed by atoms with E-state index < -0.39 is 11.9 Å². The van der Waals surface area contributed by atoms with Gasteiger partial charge in [-0.25, -0.2) is 0 Å². The quantitative estimate of drug-likeness (QED) is 0.837. The molecule has 1 heterocycles. The molecule has 0 aliphatic carbocycles. The molecule has 0 bridgehead atoms. The molecule has 0 spiro atoms. The summed E-state index contributed by atoms with van der Waals surface area (Å²) in [6.07, 6.45) is 3.24. The summed E-state index contributed by atoms with van der Waals surface area (Å²) in [5.41, 5.74) is 6.90. The van der Waals surface area contributed by atoms with Crippen LogP contribution in [0.5, 0.6) is 0 Å². The number of nitrogens with two attached hydrogens (primary N) is 1. The molecule has 21 heavy (non-hydrogen) atoms. The molecule has 3 N–H and O–H groups in total. The van der Waals surface area contributed by atoms with Crippen molar-refractivity contribution >= 4 is 11.9 Å². The van der Waals surface area contributed by atoms with E-state index in [1.807, 2.05) is 12.1 Å². The molecule has 0 radical (unpaired) electrons. The molecule has 1 aromatic carbocycles. The third-order valence-electron chi connectivity index (χ3n) is 4.01. The monoisotopic (exact) mass is 290 g/mol. The second-order valence-corrected chi connectivity index (χ2v) is 5.74. The second kappa shape index (κ2) is 7.22. The van der Waals surface area contributed by atoms with Crippen molar-refractivity contribution in [3.05, 3.63) is 35.4 Å². The molecule has 1 aliphatic rings. The maximum absolute atomic E-state index is 11.0. The van der Waals surface area contributed by atoms with E-state index in [2.05, 4.69) is 4.90 Å². The number of carbonyl (C=O) groups is 2. The van der Waals surface area contributed by atoms with Crippen molar-refractivity contribution in [1.82, 2.24) is 4.90 Å². The maximum atomic E-state index is 11.0. The zero-order chi connectivity index (χ0) is 15.2. The number of hydrogen-bond donors (Lipinski definition) is 2. The van der Waals surface area contributed by atoms with E-state index in [0.29, 0.717) is 11.5 Å². The Morgan fingerprint density at radius 2 is 2.00 bits per heavy atom. The second-order valence-electron chi connectivity index (χ2n) is 5.74. The van der Waals surface area contributed by atoms with Gasteiger partial charge in [-0.1, -0.05) is 12.1 Å². The van der Waals surface area contributed by atoms with Gasteiger partial charge in [0.25, 0.3) is 0 Å². The standard InChI is InChI=1S/C16H22N2O3/c17-16(21)14-6-3-13(4-7-14)11-18-9-1-2-12(10-18)5-8-15(19)20/h3-4,6-7,12H,1-2,5,8-11H2,(H2,17,21)(H,19,20). The third kappa shape index (κ3) is 4.86. The lowest BCUT2D eigenvalue weighted by molar-refractivity contribution is -0.137. The van der Waals surface area contributed by atoms with Crippen molar-refractivity contribution < 1.29 is 14.7 Å². The molecule has 5 nitrogen and oxygen atoms in total. The first-order valence-electron chi connectivity index (χ1n) is 7.37. The van der Waals surface area contributed by atoms with E-state index in [1.165, 1.54) is 0 Å². The normalized spacial score (nSPS) is 19.3. The van der Waals surface area contributed by atoms with Gasteiger partial charge in [0, 0.05) is 25.1 Å². The molecule has 1 fully saturated rings. The van der Waals surface area contributed by atoms with Gasteiger partial charge in [0.1, 0.15) is 0 Å². The minimum absolute atomic E-state index is 0.256. The molecule has 1 amide bonds. The highest BCUT2D eigenvalue weighted by molar-refractivity contribution is 5.92. The van der Waals surface area contributed by atoms with Crippen LogP contribution in [-0.2, 0) is 11.3 Å². The summed E-state index contributed by atoms with van der Waals surface area (Å²) < 4.78 is 0. The lowest BCUT2D eigenvalue weighted by Crippen LogP contribution is -2.35. The highest BCUT2D eigenvalue weighted by Gasteiger charge is 2.20. The zero-order valence-corrected chi connectivity index (χ0v) is 12.1. The molecule has 1 aromatic rings. The summed E-state index contributed by atoms with van der Waals surface area (Å²) in [7, 11) is 0. The Kier molecular flexibility index (Phi) is 5.33. The number of carboxylic acid groups (broad SMARTS) is 1. The maximum Gasteiger partial charge on any atom is 0.303 e. The Bertz CT molecular complexity index is 499. The van der Waals surface area contributed by atoms with Gasteiger partial charge in [-0.2, -0.15) is 0 Å². The highest BCUT2D eigenvalue weighted by atomic mass is 16.4. The molecule has 1 aliphatic heterocycles. The van der Waals surface area contributed by atoms with E-state index >= 15 is 0 Å². The average Bonchev–Trinajstić information content (AvgIpc) is 2.46. The predicted molar refractivity (Wildman–Crippen MR) is 79.8 cm³/mol. The van der Waals surface area contributed by atoms with Gasteiger partial charge < -0.3 is 10.8 Å². The number of rotatable bonds is 6. The van der Waals surface area contributed by atoms with Crippen LogP contribution >= 0.6 is 0 Å². The molecular formula is C16H22N2O3. The smallest absolute Gasteiger partial charge is 0.303 e. The number of carboxylic acids is 1. The Labute approximate surface area is 124 Å². The van der Waals surface area contributed by atoms with E-state index in [4.69, 9.17) is 10.8 Å². The Hall–Kier alpha value is -1.88. The van der Waals surface area contributed by atoms with Gasteiger partial charge in [0.15, 0.2) is 0 Å². The average molecular weight is 290 g/mol. The minimum Gasteiger partial charge on any atom is -0.481 e. The van der Waals surface area contributed by atoms with E-state index in [-0.39, 0.29) is 6.42 Å². The van der Waals surface area contributed by atoms with Crippen molar-refractivity contribution in [2.24, 2.45) is 11.7 Å². The highest BCUT2D eigenvalue weighted by Crippen LogP contribution is 2.22. The van der Waals surface area contributed by atoms with Gasteiger partial charge in [-0.15, -0.1) is 0 Å². The minimum atomic E-state index is -0.714. The predicted octanol–water partition coefficient (Wildman–Crippen LogP) is 1.86. The van der Waals surface area contributed by atoms with Crippen LogP contribution in [-0.4, -0.2) is 35.0 Å². The number of aliphatic carboxylic acids is 1. The van der Waals surface area contributed by atoms with E-state index in [9.17, 15) is 9.59 Å². The number of nitrogens with zero attached hydrogens (tertiary/aromatic N) is 1. The van der Waals surface area contributed by atoms with Gasteiger partial charge in [0.05, 0.1) is 0 Å². The summed E-state index contributed by atoms with van der Waals surface area (Å²) in [6.45, 7) is 2.83. The van der Waals surface area contributed by atoms with Crippen molar-refractivity contribution in [3.8, 4) is 0 Å². The molecule has 0 saturated carbocycles. The fraction of sp³-hybridized carbons (Fsp3) is 0.500. The van der Waals surface area contributed by atoms with Crippen LogP contribution in [0, 0.1) is 5.92 Å². The lowest BCUT2D eigenvalue weighted by atomic mass is 9.93. The van der Waals surface area contributed by atoms with E-state index in [0.717, 1.165) is 44.5 Å². The van der Waals surface area contributed by atoms with Crippen molar-refractivity contribution in [2.45, 2.75) is 32.2 Å². The van der Waals surface area contributed by atoms with Crippen LogP contribution in [0.25, 0.3) is 0 Å². The van der Waals surface area contributed by atoms with Crippen molar-refractivity contribution in [2.75, 3.05) is 13.1 Å². The molecule has 5 heteroatoms. The number of amides is 1. The SMILES string of the molecule is NC(=O)c1ccc(CN2CCCC(CCC(=O)O)C2)cc1. The number of hydrogen-bond acceptors (Lipinski definition) is 3. The van der Waals surface area contributed by atoms with E-state index in [1.54, 1.807) is 12.1 Å². The number of primary amides is 1. The van der Waals surface area contributed by atoms with Gasteiger partial charge in [0.2, 0.25) is 5.91 Å². The van der Waals surface area contributed by atoms with Gasteiger partial charge in [-0.3, -0.25) is 14.5 Å². The molecule has 1 unspecified atom stereocenters. The number of piperidine rings is 1. The molecule has 1 atom stereocenters. The Morgan fingerprint density at radius 1 is 1.29 bits per heavy atom.